The maximum atomic E-state index is 11.4. The molecule has 0 aromatic carbocycles. The van der Waals surface area contributed by atoms with Crippen LogP contribution in [0.5, 0.6) is 0 Å². The molecule has 0 amide bonds. The molecule has 2 N–H and O–H groups in total. The van der Waals surface area contributed by atoms with Crippen molar-refractivity contribution in [3.05, 3.63) is 18.1 Å². The number of carboxylic acid groups (broad SMARTS) is 1. The zero-order valence-corrected chi connectivity index (χ0v) is 9.64. The van der Waals surface area contributed by atoms with Crippen LogP contribution in [0.4, 0.5) is 5.82 Å². The molecular weight excluding hydrogens is 222 g/mol. The van der Waals surface area contributed by atoms with Crippen molar-refractivity contribution >= 4 is 11.8 Å². The van der Waals surface area contributed by atoms with Crippen LogP contribution in [-0.2, 0) is 9.53 Å². The maximum Gasteiger partial charge on any atom is 0.329 e. The second-order valence-corrected chi connectivity index (χ2v) is 4.11. The monoisotopic (exact) mass is 237 g/mol. The number of hydrogen-bond acceptors (Lipinski definition) is 5. The molecule has 1 fully saturated rings. The molecule has 1 aromatic heterocycles. The van der Waals surface area contributed by atoms with Gasteiger partial charge in [-0.15, -0.1) is 0 Å². The lowest BCUT2D eigenvalue weighted by Gasteiger charge is -2.34. The van der Waals surface area contributed by atoms with Crippen LogP contribution in [0.25, 0.3) is 0 Å². The van der Waals surface area contributed by atoms with Gasteiger partial charge in [-0.05, 0) is 13.0 Å². The highest BCUT2D eigenvalue weighted by molar-refractivity contribution is 5.82. The largest absolute Gasteiger partial charge is 0.480 e. The van der Waals surface area contributed by atoms with E-state index in [-0.39, 0.29) is 0 Å². The van der Waals surface area contributed by atoms with Crippen molar-refractivity contribution in [3.63, 3.8) is 0 Å². The van der Waals surface area contributed by atoms with E-state index in [9.17, 15) is 9.90 Å². The van der Waals surface area contributed by atoms with Crippen molar-refractivity contribution in [2.75, 3.05) is 18.5 Å². The lowest BCUT2D eigenvalue weighted by atomic mass is 9.90. The number of ether oxygens (including phenoxy) is 1. The summed E-state index contributed by atoms with van der Waals surface area (Å²) in [7, 11) is 0. The van der Waals surface area contributed by atoms with Crippen molar-refractivity contribution in [1.29, 1.82) is 0 Å². The van der Waals surface area contributed by atoms with E-state index in [1.807, 2.05) is 0 Å². The molecule has 2 heterocycles. The molecule has 0 atom stereocenters. The Kier molecular flexibility index (Phi) is 3.23. The molecule has 1 aromatic rings. The molecule has 0 unspecified atom stereocenters. The minimum Gasteiger partial charge on any atom is -0.480 e. The molecule has 6 heteroatoms. The van der Waals surface area contributed by atoms with E-state index < -0.39 is 11.5 Å². The molecule has 0 radical (unpaired) electrons. The van der Waals surface area contributed by atoms with Gasteiger partial charge < -0.3 is 15.2 Å². The van der Waals surface area contributed by atoms with E-state index in [4.69, 9.17) is 4.74 Å². The lowest BCUT2D eigenvalue weighted by Crippen LogP contribution is -2.50. The quantitative estimate of drug-likeness (QED) is 0.810. The Morgan fingerprint density at radius 2 is 2.24 bits per heavy atom. The third kappa shape index (κ3) is 2.52. The average Bonchev–Trinajstić information content (AvgIpc) is 2.30. The fourth-order valence-corrected chi connectivity index (χ4v) is 1.88. The van der Waals surface area contributed by atoms with Crippen LogP contribution in [0.15, 0.2) is 12.3 Å². The summed E-state index contributed by atoms with van der Waals surface area (Å²) in [4.78, 5) is 19.5. The molecule has 6 nitrogen and oxygen atoms in total. The Morgan fingerprint density at radius 3 is 2.82 bits per heavy atom. The maximum absolute atomic E-state index is 11.4. The van der Waals surface area contributed by atoms with Gasteiger partial charge in [0.05, 0.1) is 0 Å². The van der Waals surface area contributed by atoms with Crippen LogP contribution in [0, 0.1) is 6.92 Å². The third-order valence-corrected chi connectivity index (χ3v) is 2.90. The summed E-state index contributed by atoms with van der Waals surface area (Å²) in [6, 6.07) is 1.67. The van der Waals surface area contributed by atoms with Gasteiger partial charge in [0.2, 0.25) is 0 Å². The molecule has 0 saturated carbocycles. The van der Waals surface area contributed by atoms with E-state index in [2.05, 4.69) is 15.3 Å². The van der Waals surface area contributed by atoms with Gasteiger partial charge in [-0.2, -0.15) is 0 Å². The first-order chi connectivity index (χ1) is 8.12. The zero-order chi connectivity index (χ0) is 12.3. The van der Waals surface area contributed by atoms with Crippen LogP contribution in [-0.4, -0.2) is 39.8 Å². The van der Waals surface area contributed by atoms with E-state index >= 15 is 0 Å². The third-order valence-electron chi connectivity index (χ3n) is 2.90. The average molecular weight is 237 g/mol. The molecular formula is C11H15N3O3. The first kappa shape index (κ1) is 11.8. The van der Waals surface area contributed by atoms with E-state index in [0.717, 1.165) is 0 Å². The number of rotatable bonds is 3. The fourth-order valence-electron chi connectivity index (χ4n) is 1.88. The summed E-state index contributed by atoms with van der Waals surface area (Å²) in [5.41, 5.74) is -0.973. The molecule has 1 aliphatic rings. The SMILES string of the molecule is Cc1nccc(NC2(C(=O)O)CCOCC2)n1. The van der Waals surface area contributed by atoms with E-state index in [1.165, 1.54) is 0 Å². The molecule has 0 bridgehead atoms. The van der Waals surface area contributed by atoms with Gasteiger partial charge in [-0.3, -0.25) is 0 Å². The molecule has 1 saturated heterocycles. The number of aromatic nitrogens is 2. The highest BCUT2D eigenvalue weighted by atomic mass is 16.5. The van der Waals surface area contributed by atoms with Crippen LogP contribution in [0.3, 0.4) is 0 Å². The Hall–Kier alpha value is -1.69. The predicted octanol–water partition coefficient (Wildman–Crippen LogP) is 0.831. The first-order valence-electron chi connectivity index (χ1n) is 5.51. The van der Waals surface area contributed by atoms with Gasteiger partial charge in [0.1, 0.15) is 17.2 Å². The lowest BCUT2D eigenvalue weighted by molar-refractivity contribution is -0.145. The van der Waals surface area contributed by atoms with Crippen molar-refractivity contribution < 1.29 is 14.6 Å². The summed E-state index contributed by atoms with van der Waals surface area (Å²) in [6.45, 7) is 2.66. The number of nitrogens with zero attached hydrogens (tertiary/aromatic N) is 2. The second-order valence-electron chi connectivity index (χ2n) is 4.11. The highest BCUT2D eigenvalue weighted by Crippen LogP contribution is 2.25. The number of carboxylic acids is 1. The van der Waals surface area contributed by atoms with Crippen LogP contribution >= 0.6 is 0 Å². The fraction of sp³-hybridized carbons (Fsp3) is 0.545. The summed E-state index contributed by atoms with van der Waals surface area (Å²) in [5, 5.41) is 12.4. The zero-order valence-electron chi connectivity index (χ0n) is 9.64. The van der Waals surface area contributed by atoms with Crippen molar-refractivity contribution in [1.82, 2.24) is 9.97 Å². The molecule has 2 rings (SSSR count). The minimum atomic E-state index is -0.973. The molecule has 0 spiro atoms. The smallest absolute Gasteiger partial charge is 0.329 e. The van der Waals surface area contributed by atoms with Gasteiger partial charge in [0.25, 0.3) is 0 Å². The summed E-state index contributed by atoms with van der Waals surface area (Å²) in [6.07, 6.45) is 2.48. The number of anilines is 1. The second kappa shape index (κ2) is 4.67. The molecule has 92 valence electrons. The summed E-state index contributed by atoms with van der Waals surface area (Å²) in [5.74, 6) is 0.293. The number of hydrogen-bond donors (Lipinski definition) is 2. The molecule has 1 aliphatic heterocycles. The first-order valence-corrected chi connectivity index (χ1v) is 5.51. The summed E-state index contributed by atoms with van der Waals surface area (Å²) < 4.78 is 5.20. The van der Waals surface area contributed by atoms with Gasteiger partial charge in [-0.1, -0.05) is 0 Å². The number of aliphatic carboxylic acids is 1. The normalized spacial score (nSPS) is 18.6. The van der Waals surface area contributed by atoms with E-state index in [1.54, 1.807) is 19.2 Å². The van der Waals surface area contributed by atoms with Gasteiger partial charge in [0.15, 0.2) is 0 Å². The number of carbonyl (C=O) groups is 1. The standard InChI is InChI=1S/C11H15N3O3/c1-8-12-5-2-9(13-8)14-11(10(15)16)3-6-17-7-4-11/h2,5H,3-4,6-7H2,1H3,(H,15,16)(H,12,13,14). The minimum absolute atomic E-state index is 0.436. The van der Waals surface area contributed by atoms with Crippen molar-refractivity contribution in [2.45, 2.75) is 25.3 Å². The van der Waals surface area contributed by atoms with Crippen LogP contribution < -0.4 is 5.32 Å². The van der Waals surface area contributed by atoms with Crippen LogP contribution in [0.1, 0.15) is 18.7 Å². The predicted molar refractivity (Wildman–Crippen MR) is 60.8 cm³/mol. The molecule has 0 aliphatic carbocycles. The van der Waals surface area contributed by atoms with Gasteiger partial charge in [0, 0.05) is 32.3 Å². The highest BCUT2D eigenvalue weighted by Gasteiger charge is 2.40. The van der Waals surface area contributed by atoms with Crippen molar-refractivity contribution in [3.8, 4) is 0 Å². The van der Waals surface area contributed by atoms with Gasteiger partial charge in [-0.25, -0.2) is 14.8 Å². The number of aryl methyl sites for hydroxylation is 1. The molecule has 17 heavy (non-hydrogen) atoms. The Bertz CT molecular complexity index is 416. The Morgan fingerprint density at radius 1 is 1.53 bits per heavy atom. The van der Waals surface area contributed by atoms with Crippen LogP contribution in [0.2, 0.25) is 0 Å². The Labute approximate surface area is 99.0 Å². The summed E-state index contributed by atoms with van der Waals surface area (Å²) >= 11 is 0. The van der Waals surface area contributed by atoms with E-state index in [0.29, 0.717) is 37.7 Å². The van der Waals surface area contributed by atoms with Crippen molar-refractivity contribution in [2.24, 2.45) is 0 Å². The number of nitrogens with one attached hydrogen (secondary N) is 1. The topological polar surface area (TPSA) is 84.3 Å². The Balaban J connectivity index is 2.20. The van der Waals surface area contributed by atoms with Gasteiger partial charge >= 0.3 is 5.97 Å².